The minimum Gasteiger partial charge on any atom is -0.373 e. The Morgan fingerprint density at radius 3 is 1.62 bits per heavy atom. The highest BCUT2D eigenvalue weighted by Crippen LogP contribution is 2.88. The molecule has 14 aliphatic carbocycles. The molecule has 5 fully saturated rings. The number of fused-ring (bicyclic) bond motifs is 5. The van der Waals surface area contributed by atoms with Crippen LogP contribution in [-0.2, 0) is 51.8 Å². The SMILES string of the molecule is CO[C@@]12C3=C4C5CCC3C3CCC6C(=C31)[C@]1(OC)C3C6C=CC6C7C=CC8C9C=CC5C5C9[C@]9(OC)c%10c(c2c(=O)n1c%10[C@@](OC)(C7C89)C63)[C@@]45OC. The zero-order valence-electron chi connectivity index (χ0n) is 30.4. The molecule has 5 saturated carbocycles. The lowest BCUT2D eigenvalue weighted by Crippen LogP contribution is -2.71. The summed E-state index contributed by atoms with van der Waals surface area (Å²) < 4.78 is 39.3. The molecule has 16 unspecified atom stereocenters. The third-order valence-corrected chi connectivity index (χ3v) is 20.5. The van der Waals surface area contributed by atoms with Gasteiger partial charge in [-0.15, -0.1) is 0 Å². The molecule has 11 bridgehead atoms. The molecule has 15 aliphatic rings. The molecule has 1 aromatic rings. The number of pyridine rings is 1. The van der Waals surface area contributed by atoms with E-state index in [-0.39, 0.29) is 47.0 Å². The molecule has 1 aromatic heterocycles. The predicted octanol–water partition coefficient (Wildman–Crippen LogP) is 5.40. The normalized spacial score (nSPS) is 61.7. The number of hydrogen-bond donors (Lipinski definition) is 0. The summed E-state index contributed by atoms with van der Waals surface area (Å²) in [7, 11) is 9.84. The Morgan fingerprint density at radius 1 is 0.500 bits per heavy atom. The van der Waals surface area contributed by atoms with Gasteiger partial charge in [0.25, 0.3) is 5.56 Å². The maximum absolute atomic E-state index is 16.7. The number of ether oxygens (including phenoxy) is 5. The van der Waals surface area contributed by atoms with Gasteiger partial charge in [0.05, 0.1) is 11.3 Å². The van der Waals surface area contributed by atoms with Crippen LogP contribution in [0.25, 0.3) is 0 Å². The van der Waals surface area contributed by atoms with E-state index in [1.807, 2.05) is 35.5 Å². The van der Waals surface area contributed by atoms with Gasteiger partial charge >= 0.3 is 0 Å². The number of hydrogen-bond acceptors (Lipinski definition) is 6. The molecular weight excluding hydrogens is 650 g/mol. The fourth-order valence-corrected chi connectivity index (χ4v) is 20.5. The average Bonchev–Trinajstić information content (AvgIpc) is 3.91. The Balaban J connectivity index is 1.27. The van der Waals surface area contributed by atoms with Crippen molar-refractivity contribution in [3.05, 3.63) is 91.5 Å². The lowest BCUT2D eigenvalue weighted by atomic mass is 9.46. The molecule has 0 N–H and O–H groups in total. The molecule has 0 saturated heterocycles. The third kappa shape index (κ3) is 1.91. The van der Waals surface area contributed by atoms with Crippen molar-refractivity contribution in [2.45, 2.75) is 53.8 Å². The van der Waals surface area contributed by atoms with E-state index >= 15 is 4.79 Å². The van der Waals surface area contributed by atoms with Crippen LogP contribution in [0, 0.1) is 94.7 Å². The summed E-state index contributed by atoms with van der Waals surface area (Å²) in [5, 5.41) is 0. The summed E-state index contributed by atoms with van der Waals surface area (Å²) >= 11 is 0. The molecule has 2 heterocycles. The quantitative estimate of drug-likeness (QED) is 0.385. The van der Waals surface area contributed by atoms with Gasteiger partial charge in [-0.05, 0) is 107 Å². The van der Waals surface area contributed by atoms with Crippen molar-refractivity contribution >= 4 is 0 Å². The van der Waals surface area contributed by atoms with Gasteiger partial charge < -0.3 is 23.7 Å². The van der Waals surface area contributed by atoms with Crippen LogP contribution in [0.5, 0.6) is 0 Å². The molecule has 0 amide bonds. The Labute approximate surface area is 303 Å². The van der Waals surface area contributed by atoms with E-state index in [2.05, 4.69) is 41.0 Å². The van der Waals surface area contributed by atoms with Crippen LogP contribution in [0.15, 0.2) is 63.5 Å². The smallest absolute Gasteiger partial charge is 0.260 e. The third-order valence-electron chi connectivity index (χ3n) is 20.5. The fourth-order valence-electron chi connectivity index (χ4n) is 20.5. The molecule has 266 valence electrons. The molecule has 52 heavy (non-hydrogen) atoms. The van der Waals surface area contributed by atoms with Crippen LogP contribution in [0.4, 0.5) is 0 Å². The van der Waals surface area contributed by atoms with Gasteiger partial charge in [-0.25, -0.2) is 0 Å². The molecular formula is C45H45NO6. The van der Waals surface area contributed by atoms with Crippen molar-refractivity contribution in [1.29, 1.82) is 0 Å². The second-order valence-electron chi connectivity index (χ2n) is 19.8. The summed E-state index contributed by atoms with van der Waals surface area (Å²) in [5.74, 6) is 4.42. The van der Waals surface area contributed by atoms with Gasteiger partial charge in [-0.2, -0.15) is 0 Å². The molecule has 0 aromatic carbocycles. The largest absolute Gasteiger partial charge is 0.373 e. The van der Waals surface area contributed by atoms with E-state index in [0.29, 0.717) is 53.3 Å². The van der Waals surface area contributed by atoms with E-state index < -0.39 is 28.1 Å². The predicted molar refractivity (Wildman–Crippen MR) is 186 cm³/mol. The van der Waals surface area contributed by atoms with Crippen molar-refractivity contribution < 1.29 is 23.7 Å². The summed E-state index contributed by atoms with van der Waals surface area (Å²) in [6.45, 7) is 0. The van der Waals surface area contributed by atoms with Crippen LogP contribution in [0.2, 0.25) is 0 Å². The average molecular weight is 696 g/mol. The topological polar surface area (TPSA) is 68.2 Å². The molecule has 0 spiro atoms. The van der Waals surface area contributed by atoms with E-state index in [9.17, 15) is 0 Å². The Hall–Kier alpha value is -2.55. The molecule has 0 radical (unpaired) electrons. The summed E-state index contributed by atoms with van der Waals surface area (Å²) in [4.78, 5) is 16.7. The van der Waals surface area contributed by atoms with Crippen molar-refractivity contribution in [1.82, 2.24) is 4.57 Å². The number of nitrogens with zero attached hydrogens (tertiary/aromatic N) is 1. The number of allylic oxidation sites excluding steroid dienone is 6. The molecule has 7 heteroatoms. The second-order valence-corrected chi connectivity index (χ2v) is 19.8. The summed E-state index contributed by atoms with van der Waals surface area (Å²) in [6, 6.07) is 0. The van der Waals surface area contributed by atoms with Crippen molar-refractivity contribution in [2.75, 3.05) is 35.5 Å². The molecule has 1 aliphatic heterocycles. The number of methoxy groups -OCH3 is 5. The number of rotatable bonds is 5. The van der Waals surface area contributed by atoms with Crippen LogP contribution < -0.4 is 5.56 Å². The maximum atomic E-state index is 16.7. The first-order valence-corrected chi connectivity index (χ1v) is 20.6. The zero-order valence-corrected chi connectivity index (χ0v) is 30.4. The Bertz CT molecular complexity index is 2350. The van der Waals surface area contributed by atoms with Crippen molar-refractivity contribution in [3.63, 3.8) is 0 Å². The van der Waals surface area contributed by atoms with Gasteiger partial charge in [0.1, 0.15) is 22.4 Å². The lowest BCUT2D eigenvalue weighted by molar-refractivity contribution is -0.247. The van der Waals surface area contributed by atoms with Gasteiger partial charge in [-0.3, -0.25) is 9.36 Å². The van der Waals surface area contributed by atoms with Gasteiger partial charge in [0, 0.05) is 82.2 Å². The standard InChI is InChI=1S/C45H45NO6/c1-48-41-26-16-6-8-18-19-10-11-21-23-13-15-25-24-14-12-22-20-9-7-17(16)27(41)29(20)43(50-3)32(22)34(24)45(52-5)35(25)33(23)44(51-4)31(21)30(19)42(49-2,28(18)26)37-36(41)38(43)40(47)46(45)39(37)44/h6,8,10-11,13,15-26,28,30-31,33,35H,7,9,12,14H2,1-5H3/t16?,17?,18?,19?,20?,21?,22?,23?,24?,25?,26?,28?,30?,31?,33?,35?,41-,42+,43-,44+,45-/m0/s1. The Morgan fingerprint density at radius 2 is 1.02 bits per heavy atom. The molecule has 21 atom stereocenters. The van der Waals surface area contributed by atoms with Crippen LogP contribution in [0.1, 0.15) is 48.1 Å². The van der Waals surface area contributed by atoms with E-state index in [4.69, 9.17) is 23.7 Å². The minimum atomic E-state index is -0.901. The Kier molecular flexibility index (Phi) is 4.04. The van der Waals surface area contributed by atoms with Crippen molar-refractivity contribution in [3.8, 4) is 0 Å². The number of aromatic nitrogens is 1. The second kappa shape index (κ2) is 7.52. The van der Waals surface area contributed by atoms with E-state index in [0.717, 1.165) is 36.1 Å². The summed E-state index contributed by atoms with van der Waals surface area (Å²) in [5.41, 5.74) is 6.50. The maximum Gasteiger partial charge on any atom is 0.260 e. The van der Waals surface area contributed by atoms with E-state index in [1.54, 1.807) is 0 Å². The molecule has 16 rings (SSSR count). The monoisotopic (exact) mass is 695 g/mol. The highest BCUT2D eigenvalue weighted by Gasteiger charge is 2.89. The van der Waals surface area contributed by atoms with Crippen molar-refractivity contribution in [2.24, 2.45) is 94.7 Å². The van der Waals surface area contributed by atoms with Gasteiger partial charge in [-0.1, -0.05) is 36.5 Å². The van der Waals surface area contributed by atoms with Crippen LogP contribution >= 0.6 is 0 Å². The van der Waals surface area contributed by atoms with Gasteiger partial charge in [0.2, 0.25) is 0 Å². The van der Waals surface area contributed by atoms with Gasteiger partial charge in [0.15, 0.2) is 5.72 Å². The van der Waals surface area contributed by atoms with Crippen LogP contribution in [0.3, 0.4) is 0 Å². The zero-order chi connectivity index (χ0) is 34.1. The highest BCUT2D eigenvalue weighted by atomic mass is 16.5. The van der Waals surface area contributed by atoms with Crippen LogP contribution in [-0.4, -0.2) is 40.1 Å². The first-order valence-electron chi connectivity index (χ1n) is 20.6. The fraction of sp³-hybridized carbons (Fsp3) is 0.667. The van der Waals surface area contributed by atoms with E-state index in [1.165, 1.54) is 34.3 Å². The first kappa shape index (κ1) is 27.9. The first-order chi connectivity index (χ1) is 25.5. The minimum absolute atomic E-state index is 0.0931. The lowest BCUT2D eigenvalue weighted by Gasteiger charge is -2.66. The molecule has 7 nitrogen and oxygen atoms in total. The highest BCUT2D eigenvalue weighted by molar-refractivity contribution is 5.75. The summed E-state index contributed by atoms with van der Waals surface area (Å²) in [6.07, 6.45) is 20.4.